The van der Waals surface area contributed by atoms with E-state index in [-0.39, 0.29) is 6.61 Å². The largest absolute Gasteiger partial charge is 0.395 e. The average molecular weight is 217 g/mol. The van der Waals surface area contributed by atoms with Crippen molar-refractivity contribution in [1.29, 1.82) is 0 Å². The highest BCUT2D eigenvalue weighted by Gasteiger charge is 2.15. The lowest BCUT2D eigenvalue weighted by Gasteiger charge is -2.34. The van der Waals surface area contributed by atoms with Crippen molar-refractivity contribution in [2.24, 2.45) is 0 Å². The summed E-state index contributed by atoms with van der Waals surface area (Å²) in [6.45, 7) is 8.14. The van der Waals surface area contributed by atoms with Crippen LogP contribution in [0.15, 0.2) is 0 Å². The molecule has 15 heavy (non-hydrogen) atoms. The lowest BCUT2D eigenvalue weighted by Crippen LogP contribution is -2.48. The van der Waals surface area contributed by atoms with Crippen molar-refractivity contribution in [3.63, 3.8) is 0 Å². The number of nitrogens with zero attached hydrogens (tertiary/aromatic N) is 2. The molecule has 0 aromatic carbocycles. The summed E-state index contributed by atoms with van der Waals surface area (Å²) in [6, 6.07) is 0. The summed E-state index contributed by atoms with van der Waals surface area (Å²) in [5.41, 5.74) is 0. The fraction of sp³-hybridized carbons (Fsp3) is 1.00. The number of hydrogen-bond donors (Lipinski definition) is 2. The molecule has 0 amide bonds. The third-order valence-electron chi connectivity index (χ3n) is 2.73. The fourth-order valence-electron chi connectivity index (χ4n) is 1.79. The zero-order valence-corrected chi connectivity index (χ0v) is 9.61. The van der Waals surface area contributed by atoms with Gasteiger partial charge in [0.2, 0.25) is 0 Å². The van der Waals surface area contributed by atoms with Crippen LogP contribution in [0.2, 0.25) is 0 Å². The number of nitrogens with one attached hydrogen (secondary N) is 1. The minimum Gasteiger partial charge on any atom is -0.395 e. The molecular formula is C10H23N3O2. The number of piperazine rings is 1. The summed E-state index contributed by atoms with van der Waals surface area (Å²) in [6.07, 6.45) is 0. The molecule has 0 unspecified atom stereocenters. The predicted octanol–water partition coefficient (Wildman–Crippen LogP) is -1.21. The second kappa shape index (κ2) is 8.01. The standard InChI is InChI=1S/C10H23N3O2/c1-15-10-11-2-3-12-4-6-13(7-5-12)8-9-14/h11,14H,2-10H2,1H3. The van der Waals surface area contributed by atoms with Gasteiger partial charge in [0.15, 0.2) is 0 Å². The number of aliphatic hydroxyl groups is 1. The van der Waals surface area contributed by atoms with Gasteiger partial charge in [0.05, 0.1) is 13.3 Å². The Balaban J connectivity index is 1.99. The summed E-state index contributed by atoms with van der Waals surface area (Å²) in [7, 11) is 1.70. The first-order valence-corrected chi connectivity index (χ1v) is 5.62. The zero-order valence-electron chi connectivity index (χ0n) is 9.61. The van der Waals surface area contributed by atoms with Crippen LogP contribution in [0.4, 0.5) is 0 Å². The van der Waals surface area contributed by atoms with Gasteiger partial charge in [0.25, 0.3) is 0 Å². The molecule has 0 bridgehead atoms. The number of aliphatic hydroxyl groups excluding tert-OH is 1. The van der Waals surface area contributed by atoms with Crippen molar-refractivity contribution in [2.75, 3.05) is 66.3 Å². The van der Waals surface area contributed by atoms with E-state index in [1.165, 1.54) is 0 Å². The maximum absolute atomic E-state index is 8.81. The van der Waals surface area contributed by atoms with Gasteiger partial charge in [-0.2, -0.15) is 0 Å². The van der Waals surface area contributed by atoms with E-state index >= 15 is 0 Å². The van der Waals surface area contributed by atoms with E-state index in [2.05, 4.69) is 15.1 Å². The highest BCUT2D eigenvalue weighted by molar-refractivity contribution is 4.71. The summed E-state index contributed by atoms with van der Waals surface area (Å²) >= 11 is 0. The molecule has 1 fully saturated rings. The minimum atomic E-state index is 0.273. The Kier molecular flexibility index (Phi) is 6.87. The van der Waals surface area contributed by atoms with Gasteiger partial charge in [-0.05, 0) is 0 Å². The van der Waals surface area contributed by atoms with Gasteiger partial charge in [0, 0.05) is 52.9 Å². The quantitative estimate of drug-likeness (QED) is 0.414. The molecule has 0 saturated carbocycles. The van der Waals surface area contributed by atoms with Crippen LogP contribution in [0.25, 0.3) is 0 Å². The smallest absolute Gasteiger partial charge is 0.0961 e. The number of ether oxygens (including phenoxy) is 1. The maximum Gasteiger partial charge on any atom is 0.0961 e. The Morgan fingerprint density at radius 1 is 1.13 bits per heavy atom. The van der Waals surface area contributed by atoms with Gasteiger partial charge in [0.1, 0.15) is 0 Å². The van der Waals surface area contributed by atoms with Crippen molar-refractivity contribution < 1.29 is 9.84 Å². The van der Waals surface area contributed by atoms with Crippen molar-refractivity contribution in [1.82, 2.24) is 15.1 Å². The first-order valence-electron chi connectivity index (χ1n) is 5.62. The predicted molar refractivity (Wildman–Crippen MR) is 59.8 cm³/mol. The summed E-state index contributed by atoms with van der Waals surface area (Å²) < 4.78 is 4.91. The Labute approximate surface area is 92.0 Å². The van der Waals surface area contributed by atoms with Gasteiger partial charge in [-0.1, -0.05) is 0 Å². The molecule has 1 rings (SSSR count). The lowest BCUT2D eigenvalue weighted by molar-refractivity contribution is 0.109. The van der Waals surface area contributed by atoms with Gasteiger partial charge >= 0.3 is 0 Å². The maximum atomic E-state index is 8.81. The van der Waals surface area contributed by atoms with Crippen LogP contribution < -0.4 is 5.32 Å². The molecule has 0 aromatic heterocycles. The molecule has 0 aromatic rings. The molecule has 0 atom stereocenters. The molecule has 1 aliphatic rings. The molecule has 0 spiro atoms. The molecule has 5 heteroatoms. The number of methoxy groups -OCH3 is 1. The molecule has 90 valence electrons. The highest BCUT2D eigenvalue weighted by Crippen LogP contribution is 1.99. The van der Waals surface area contributed by atoms with Crippen LogP contribution in [0.5, 0.6) is 0 Å². The first kappa shape index (κ1) is 12.9. The van der Waals surface area contributed by atoms with Crippen LogP contribution in [0, 0.1) is 0 Å². The Morgan fingerprint density at radius 3 is 2.27 bits per heavy atom. The van der Waals surface area contributed by atoms with Crippen molar-refractivity contribution in [3.8, 4) is 0 Å². The van der Waals surface area contributed by atoms with Crippen molar-refractivity contribution >= 4 is 0 Å². The van der Waals surface area contributed by atoms with E-state index in [0.717, 1.165) is 45.8 Å². The van der Waals surface area contributed by atoms with Crippen LogP contribution >= 0.6 is 0 Å². The molecule has 0 aliphatic carbocycles. The zero-order chi connectivity index (χ0) is 10.9. The normalized spacial score (nSPS) is 19.6. The monoisotopic (exact) mass is 217 g/mol. The van der Waals surface area contributed by atoms with Crippen LogP contribution in [0.1, 0.15) is 0 Å². The van der Waals surface area contributed by atoms with Crippen LogP contribution in [0.3, 0.4) is 0 Å². The molecule has 1 heterocycles. The summed E-state index contributed by atoms with van der Waals surface area (Å²) in [5.74, 6) is 0. The SMILES string of the molecule is COCNCCN1CCN(CCO)CC1. The lowest BCUT2D eigenvalue weighted by atomic mass is 10.3. The summed E-state index contributed by atoms with van der Waals surface area (Å²) in [4.78, 5) is 4.75. The Bertz CT molecular complexity index is 147. The van der Waals surface area contributed by atoms with E-state index < -0.39 is 0 Å². The van der Waals surface area contributed by atoms with Gasteiger partial charge in [-0.25, -0.2) is 0 Å². The van der Waals surface area contributed by atoms with Gasteiger partial charge in [-0.3, -0.25) is 15.1 Å². The molecule has 1 saturated heterocycles. The fourth-order valence-corrected chi connectivity index (χ4v) is 1.79. The second-order valence-corrected chi connectivity index (χ2v) is 3.84. The van der Waals surface area contributed by atoms with Crippen LogP contribution in [-0.4, -0.2) is 81.2 Å². The van der Waals surface area contributed by atoms with Gasteiger partial charge in [-0.15, -0.1) is 0 Å². The van der Waals surface area contributed by atoms with E-state index in [4.69, 9.17) is 9.84 Å². The van der Waals surface area contributed by atoms with E-state index in [1.54, 1.807) is 7.11 Å². The molecule has 5 nitrogen and oxygen atoms in total. The van der Waals surface area contributed by atoms with Crippen molar-refractivity contribution in [3.05, 3.63) is 0 Å². The number of hydrogen-bond acceptors (Lipinski definition) is 5. The highest BCUT2D eigenvalue weighted by atomic mass is 16.5. The first-order chi connectivity index (χ1) is 7.36. The van der Waals surface area contributed by atoms with Crippen molar-refractivity contribution in [2.45, 2.75) is 0 Å². The molecule has 0 radical (unpaired) electrons. The Hall–Kier alpha value is -0.200. The molecule has 2 N–H and O–H groups in total. The average Bonchev–Trinajstić information content (AvgIpc) is 2.27. The summed E-state index contributed by atoms with van der Waals surface area (Å²) in [5, 5.41) is 12.0. The van der Waals surface area contributed by atoms with E-state index in [0.29, 0.717) is 6.73 Å². The third kappa shape index (κ3) is 5.44. The third-order valence-corrected chi connectivity index (χ3v) is 2.73. The number of β-amino-alcohol motifs (C(OH)–C–C–N with tert-alkyl or cyclic N) is 1. The number of rotatable bonds is 7. The van der Waals surface area contributed by atoms with E-state index in [9.17, 15) is 0 Å². The van der Waals surface area contributed by atoms with Gasteiger partial charge < -0.3 is 9.84 Å². The van der Waals surface area contributed by atoms with E-state index in [1.807, 2.05) is 0 Å². The molecule has 1 aliphatic heterocycles. The minimum absolute atomic E-state index is 0.273. The topological polar surface area (TPSA) is 48.0 Å². The van der Waals surface area contributed by atoms with Crippen LogP contribution in [-0.2, 0) is 4.74 Å². The second-order valence-electron chi connectivity index (χ2n) is 3.84. The molecular weight excluding hydrogens is 194 g/mol. The Morgan fingerprint density at radius 2 is 1.73 bits per heavy atom.